The summed E-state index contributed by atoms with van der Waals surface area (Å²) in [6.07, 6.45) is 0.0446. The number of carbonyl (C=O) groups is 2. The summed E-state index contributed by atoms with van der Waals surface area (Å²) in [5.74, 6) is -0.909. The van der Waals surface area contributed by atoms with E-state index in [1.807, 2.05) is 25.1 Å². The van der Waals surface area contributed by atoms with Crippen molar-refractivity contribution < 1.29 is 24.5 Å². The average Bonchev–Trinajstić information content (AvgIpc) is 2.38. The molecule has 0 heterocycles. The van der Waals surface area contributed by atoms with E-state index in [0.29, 0.717) is 5.75 Å². The predicted molar refractivity (Wildman–Crippen MR) is 72.6 cm³/mol. The van der Waals surface area contributed by atoms with Crippen molar-refractivity contribution in [2.75, 3.05) is 13.2 Å². The molecule has 1 aromatic rings. The number of aliphatic hydroxyl groups is 1. The Morgan fingerprint density at radius 1 is 1.40 bits per heavy atom. The van der Waals surface area contributed by atoms with Crippen LogP contribution in [0.4, 0.5) is 0 Å². The van der Waals surface area contributed by atoms with E-state index in [0.717, 1.165) is 5.56 Å². The summed E-state index contributed by atoms with van der Waals surface area (Å²) in [6.45, 7) is 1.81. The molecular formula is C14H19NO5. The zero-order chi connectivity index (χ0) is 15.0. The zero-order valence-corrected chi connectivity index (χ0v) is 11.3. The molecule has 0 aliphatic carbocycles. The van der Waals surface area contributed by atoms with Gasteiger partial charge in [0.25, 0.3) is 0 Å². The van der Waals surface area contributed by atoms with Crippen molar-refractivity contribution in [3.8, 4) is 5.75 Å². The number of aliphatic carboxylic acids is 1. The van der Waals surface area contributed by atoms with Gasteiger partial charge >= 0.3 is 5.97 Å². The van der Waals surface area contributed by atoms with Crippen LogP contribution in [-0.4, -0.2) is 41.3 Å². The summed E-state index contributed by atoms with van der Waals surface area (Å²) in [7, 11) is 0. The van der Waals surface area contributed by atoms with Crippen molar-refractivity contribution in [3.63, 3.8) is 0 Å². The fraction of sp³-hybridized carbons (Fsp3) is 0.429. The van der Waals surface area contributed by atoms with Crippen molar-refractivity contribution in [2.24, 2.45) is 0 Å². The van der Waals surface area contributed by atoms with Gasteiger partial charge < -0.3 is 20.3 Å². The van der Waals surface area contributed by atoms with E-state index in [-0.39, 0.29) is 26.1 Å². The molecule has 0 saturated carbocycles. The van der Waals surface area contributed by atoms with E-state index in [4.69, 9.17) is 14.9 Å². The summed E-state index contributed by atoms with van der Waals surface area (Å²) in [5, 5.41) is 19.9. The highest BCUT2D eigenvalue weighted by molar-refractivity contribution is 5.83. The minimum atomic E-state index is -1.16. The van der Waals surface area contributed by atoms with Crippen LogP contribution >= 0.6 is 0 Å². The lowest BCUT2D eigenvalue weighted by Gasteiger charge is -2.13. The first-order valence-corrected chi connectivity index (χ1v) is 6.35. The van der Waals surface area contributed by atoms with E-state index in [1.165, 1.54) is 0 Å². The Morgan fingerprint density at radius 2 is 2.15 bits per heavy atom. The van der Waals surface area contributed by atoms with Gasteiger partial charge in [-0.15, -0.1) is 0 Å². The molecular weight excluding hydrogens is 262 g/mol. The highest BCUT2D eigenvalue weighted by Crippen LogP contribution is 2.12. The van der Waals surface area contributed by atoms with Crippen LogP contribution in [-0.2, 0) is 9.59 Å². The normalized spacial score (nSPS) is 11.7. The summed E-state index contributed by atoms with van der Waals surface area (Å²) >= 11 is 0. The van der Waals surface area contributed by atoms with Gasteiger partial charge in [0.15, 0.2) is 0 Å². The summed E-state index contributed by atoms with van der Waals surface area (Å²) in [4.78, 5) is 22.4. The van der Waals surface area contributed by atoms with Crippen LogP contribution in [0, 0.1) is 6.92 Å². The number of carbonyl (C=O) groups excluding carboxylic acids is 1. The SMILES string of the molecule is Cc1cccc(OCCC(=O)N[C@H](CCO)C(=O)O)c1. The Bertz CT molecular complexity index is 461. The molecule has 6 heteroatoms. The number of ether oxygens (including phenoxy) is 1. The predicted octanol–water partition coefficient (Wildman–Crippen LogP) is 0.716. The first kappa shape index (κ1) is 16.0. The fourth-order valence-corrected chi connectivity index (χ4v) is 1.62. The Kier molecular flexibility index (Phi) is 6.52. The first-order chi connectivity index (χ1) is 9.52. The number of aliphatic hydroxyl groups excluding tert-OH is 1. The highest BCUT2D eigenvalue weighted by Gasteiger charge is 2.18. The van der Waals surface area contributed by atoms with Gasteiger partial charge in [0.2, 0.25) is 5.91 Å². The maximum Gasteiger partial charge on any atom is 0.326 e. The largest absolute Gasteiger partial charge is 0.493 e. The Hall–Kier alpha value is -2.08. The third-order valence-electron chi connectivity index (χ3n) is 2.64. The minimum Gasteiger partial charge on any atom is -0.493 e. The fourth-order valence-electron chi connectivity index (χ4n) is 1.62. The van der Waals surface area contributed by atoms with E-state index in [9.17, 15) is 9.59 Å². The summed E-state index contributed by atoms with van der Waals surface area (Å²) in [6, 6.07) is 6.37. The lowest BCUT2D eigenvalue weighted by atomic mass is 10.2. The monoisotopic (exact) mass is 281 g/mol. The van der Waals surface area contributed by atoms with Crippen LogP contribution in [0.1, 0.15) is 18.4 Å². The van der Waals surface area contributed by atoms with Crippen LogP contribution in [0.2, 0.25) is 0 Å². The van der Waals surface area contributed by atoms with Gasteiger partial charge in [-0.05, 0) is 24.6 Å². The number of hydrogen-bond acceptors (Lipinski definition) is 4. The maximum atomic E-state index is 11.6. The number of amides is 1. The molecule has 0 aliphatic rings. The molecule has 0 radical (unpaired) electrons. The van der Waals surface area contributed by atoms with Gasteiger partial charge in [-0.3, -0.25) is 4.79 Å². The molecule has 1 rings (SSSR count). The summed E-state index contributed by atoms with van der Waals surface area (Å²) < 4.78 is 5.40. The zero-order valence-electron chi connectivity index (χ0n) is 11.3. The van der Waals surface area contributed by atoms with Crippen LogP contribution < -0.4 is 10.1 Å². The van der Waals surface area contributed by atoms with Gasteiger partial charge in [-0.25, -0.2) is 4.79 Å². The molecule has 0 aromatic heterocycles. The van der Waals surface area contributed by atoms with Crippen LogP contribution in [0.15, 0.2) is 24.3 Å². The number of benzene rings is 1. The number of aryl methyl sites for hydroxylation is 1. The quantitative estimate of drug-likeness (QED) is 0.652. The molecule has 0 unspecified atom stereocenters. The highest BCUT2D eigenvalue weighted by atomic mass is 16.5. The molecule has 0 aliphatic heterocycles. The van der Waals surface area contributed by atoms with Crippen LogP contribution in [0.25, 0.3) is 0 Å². The molecule has 6 nitrogen and oxygen atoms in total. The topological polar surface area (TPSA) is 95.9 Å². The van der Waals surface area contributed by atoms with Crippen molar-refractivity contribution >= 4 is 11.9 Å². The number of carboxylic acid groups (broad SMARTS) is 1. The van der Waals surface area contributed by atoms with Crippen molar-refractivity contribution in [1.29, 1.82) is 0 Å². The van der Waals surface area contributed by atoms with Gasteiger partial charge in [0.05, 0.1) is 13.0 Å². The van der Waals surface area contributed by atoms with Crippen molar-refractivity contribution in [3.05, 3.63) is 29.8 Å². The molecule has 110 valence electrons. The summed E-state index contributed by atoms with van der Waals surface area (Å²) in [5.41, 5.74) is 1.06. The maximum absolute atomic E-state index is 11.6. The van der Waals surface area contributed by atoms with Crippen molar-refractivity contribution in [1.82, 2.24) is 5.32 Å². The van der Waals surface area contributed by atoms with E-state index in [2.05, 4.69) is 5.32 Å². The molecule has 0 saturated heterocycles. The molecule has 1 amide bonds. The van der Waals surface area contributed by atoms with Gasteiger partial charge in [-0.2, -0.15) is 0 Å². The first-order valence-electron chi connectivity index (χ1n) is 6.35. The second-order valence-corrected chi connectivity index (χ2v) is 4.39. The minimum absolute atomic E-state index is 0.0141. The van der Waals surface area contributed by atoms with Gasteiger partial charge in [0, 0.05) is 13.0 Å². The molecule has 0 spiro atoms. The third kappa shape index (κ3) is 5.71. The number of nitrogens with one attached hydrogen (secondary N) is 1. The smallest absolute Gasteiger partial charge is 0.326 e. The Balaban J connectivity index is 2.34. The Labute approximate surface area is 117 Å². The van der Waals surface area contributed by atoms with Crippen molar-refractivity contribution in [2.45, 2.75) is 25.8 Å². The second kappa shape index (κ2) is 8.16. The molecule has 1 aromatic carbocycles. The van der Waals surface area contributed by atoms with E-state index in [1.54, 1.807) is 6.07 Å². The third-order valence-corrected chi connectivity index (χ3v) is 2.64. The molecule has 0 fully saturated rings. The second-order valence-electron chi connectivity index (χ2n) is 4.39. The lowest BCUT2D eigenvalue weighted by molar-refractivity contribution is -0.142. The molecule has 20 heavy (non-hydrogen) atoms. The molecule has 1 atom stereocenters. The standard InChI is InChI=1S/C14H19NO5/c1-10-3-2-4-11(9-10)20-8-6-13(17)15-12(5-7-16)14(18)19/h2-4,9,12,16H,5-8H2,1H3,(H,15,17)(H,18,19)/t12-/m1/s1. The lowest BCUT2D eigenvalue weighted by Crippen LogP contribution is -2.41. The number of rotatable bonds is 8. The average molecular weight is 281 g/mol. The number of carboxylic acids is 1. The molecule has 0 bridgehead atoms. The molecule has 3 N–H and O–H groups in total. The van der Waals surface area contributed by atoms with E-state index < -0.39 is 17.9 Å². The van der Waals surface area contributed by atoms with Crippen LogP contribution in [0.5, 0.6) is 5.75 Å². The van der Waals surface area contributed by atoms with E-state index >= 15 is 0 Å². The van der Waals surface area contributed by atoms with Gasteiger partial charge in [-0.1, -0.05) is 12.1 Å². The van der Waals surface area contributed by atoms with Gasteiger partial charge in [0.1, 0.15) is 11.8 Å². The van der Waals surface area contributed by atoms with Crippen LogP contribution in [0.3, 0.4) is 0 Å². The Morgan fingerprint density at radius 3 is 2.75 bits per heavy atom. The number of hydrogen-bond donors (Lipinski definition) is 3.